The van der Waals surface area contributed by atoms with Crippen molar-refractivity contribution >= 4 is 35.2 Å². The van der Waals surface area contributed by atoms with Crippen LogP contribution in [0.1, 0.15) is 37.9 Å². The molecule has 7 nitrogen and oxygen atoms in total. The number of hydrogen-bond acceptors (Lipinski definition) is 6. The van der Waals surface area contributed by atoms with Crippen molar-refractivity contribution in [3.63, 3.8) is 0 Å². The van der Waals surface area contributed by atoms with Gasteiger partial charge in [0, 0.05) is 11.1 Å². The van der Waals surface area contributed by atoms with E-state index in [1.165, 1.54) is 18.9 Å². The molecule has 1 N–H and O–H groups in total. The van der Waals surface area contributed by atoms with Crippen molar-refractivity contribution < 1.29 is 14.3 Å². The Hall–Kier alpha value is -2.06. The first-order chi connectivity index (χ1) is 12.4. The Kier molecular flexibility index (Phi) is 7.47. The predicted octanol–water partition coefficient (Wildman–Crippen LogP) is 3.03. The molecule has 1 aromatic heterocycles. The van der Waals surface area contributed by atoms with Crippen LogP contribution in [0.4, 0.5) is 0 Å². The van der Waals surface area contributed by atoms with Crippen LogP contribution in [0.15, 0.2) is 35.7 Å². The monoisotopic (exact) mass is 396 g/mol. The number of ether oxygens (including phenoxy) is 1. The summed E-state index contributed by atoms with van der Waals surface area (Å²) in [6.45, 7) is 4.02. The van der Waals surface area contributed by atoms with E-state index in [1.54, 1.807) is 30.6 Å². The summed E-state index contributed by atoms with van der Waals surface area (Å²) in [7, 11) is 1.31. The molecule has 26 heavy (non-hydrogen) atoms. The fourth-order valence-corrected chi connectivity index (χ4v) is 3.42. The van der Waals surface area contributed by atoms with Crippen molar-refractivity contribution in [3.05, 3.63) is 41.2 Å². The number of halogens is 1. The van der Waals surface area contributed by atoms with Crippen molar-refractivity contribution in [1.82, 2.24) is 20.1 Å². The number of thioether (sulfide) groups is 1. The molecule has 9 heteroatoms. The van der Waals surface area contributed by atoms with Gasteiger partial charge in [0.15, 0.2) is 5.16 Å². The summed E-state index contributed by atoms with van der Waals surface area (Å²) in [6, 6.07) is 6.72. The van der Waals surface area contributed by atoms with Crippen LogP contribution >= 0.6 is 23.4 Å². The van der Waals surface area contributed by atoms with E-state index in [-0.39, 0.29) is 24.1 Å². The predicted molar refractivity (Wildman–Crippen MR) is 100 cm³/mol. The average molecular weight is 397 g/mol. The third kappa shape index (κ3) is 5.47. The first-order valence-corrected chi connectivity index (χ1v) is 9.41. The molecule has 140 valence electrons. The first kappa shape index (κ1) is 20.3. The number of rotatable bonds is 8. The zero-order valence-electron chi connectivity index (χ0n) is 14.8. The third-order valence-electron chi connectivity index (χ3n) is 3.64. The Morgan fingerprint density at radius 3 is 2.73 bits per heavy atom. The van der Waals surface area contributed by atoms with E-state index in [9.17, 15) is 9.59 Å². The zero-order chi connectivity index (χ0) is 19.1. The molecule has 2 rings (SSSR count). The molecular formula is C17H21ClN4O3S. The van der Waals surface area contributed by atoms with Crippen molar-refractivity contribution in [2.24, 2.45) is 0 Å². The van der Waals surface area contributed by atoms with Gasteiger partial charge in [-0.05, 0) is 25.5 Å². The van der Waals surface area contributed by atoms with Gasteiger partial charge in [-0.3, -0.25) is 9.59 Å². The number of methoxy groups -OCH3 is 1. The molecule has 0 bridgehead atoms. The van der Waals surface area contributed by atoms with Gasteiger partial charge in [0.2, 0.25) is 5.91 Å². The summed E-state index contributed by atoms with van der Waals surface area (Å²) in [4.78, 5) is 24.1. The number of carbonyl (C=O) groups is 2. The molecule has 0 saturated carbocycles. The van der Waals surface area contributed by atoms with Crippen LogP contribution in [0.5, 0.6) is 0 Å². The largest absolute Gasteiger partial charge is 0.469 e. The van der Waals surface area contributed by atoms with Gasteiger partial charge in [-0.25, -0.2) is 0 Å². The Bertz CT molecular complexity index is 766. The fraction of sp³-hybridized carbons (Fsp3) is 0.412. The van der Waals surface area contributed by atoms with Crippen LogP contribution in [-0.4, -0.2) is 39.5 Å². The number of hydrogen-bond donors (Lipinski definition) is 1. The Labute approximate surface area is 161 Å². The number of esters is 1. The second-order valence-corrected chi connectivity index (χ2v) is 7.17. The summed E-state index contributed by atoms with van der Waals surface area (Å²) in [5.41, 5.74) is 0.670. The van der Waals surface area contributed by atoms with E-state index < -0.39 is 12.0 Å². The van der Waals surface area contributed by atoms with Gasteiger partial charge in [0.25, 0.3) is 0 Å². The lowest BCUT2D eigenvalue weighted by molar-refractivity contribution is -0.141. The minimum atomic E-state index is -0.563. The number of benzene rings is 1. The molecular weight excluding hydrogens is 376 g/mol. The molecule has 0 saturated heterocycles. The van der Waals surface area contributed by atoms with Crippen LogP contribution in [-0.2, 0) is 14.3 Å². The molecule has 1 heterocycles. The molecule has 1 aromatic carbocycles. The average Bonchev–Trinajstić information content (AvgIpc) is 3.08. The molecule has 1 amide bonds. The van der Waals surface area contributed by atoms with Gasteiger partial charge >= 0.3 is 5.97 Å². The highest BCUT2D eigenvalue weighted by molar-refractivity contribution is 7.99. The molecule has 0 fully saturated rings. The maximum absolute atomic E-state index is 12.4. The van der Waals surface area contributed by atoms with Crippen LogP contribution < -0.4 is 5.32 Å². The summed E-state index contributed by atoms with van der Waals surface area (Å²) in [6.07, 6.45) is 1.63. The fourth-order valence-electron chi connectivity index (χ4n) is 2.30. The van der Waals surface area contributed by atoms with Crippen molar-refractivity contribution in [2.75, 3.05) is 12.9 Å². The minimum Gasteiger partial charge on any atom is -0.469 e. The van der Waals surface area contributed by atoms with Crippen molar-refractivity contribution in [3.8, 4) is 0 Å². The summed E-state index contributed by atoms with van der Waals surface area (Å²) < 4.78 is 6.61. The first-order valence-electron chi connectivity index (χ1n) is 8.05. The number of nitrogens with one attached hydrogen (secondary N) is 1. The number of nitrogens with zero attached hydrogens (tertiary/aromatic N) is 3. The molecule has 0 spiro atoms. The van der Waals surface area contributed by atoms with Gasteiger partial charge in [0.1, 0.15) is 6.33 Å². The normalized spacial score (nSPS) is 12.0. The quantitative estimate of drug-likeness (QED) is 0.545. The number of amides is 1. The molecule has 0 aliphatic carbocycles. The lowest BCUT2D eigenvalue weighted by atomic mass is 10.0. The van der Waals surface area contributed by atoms with Gasteiger partial charge in [-0.2, -0.15) is 0 Å². The third-order valence-corrected chi connectivity index (χ3v) is 4.94. The topological polar surface area (TPSA) is 86.1 Å². The standard InChI is InChI=1S/C17H21ClN4O3S/c1-11(2)22-10-19-21-17(22)26-9-15(23)20-14(8-16(24)25-3)12-6-4-5-7-13(12)18/h4-7,10-11,14H,8-9H2,1-3H3,(H,20,23). The Morgan fingerprint density at radius 1 is 1.35 bits per heavy atom. The maximum atomic E-state index is 12.4. The van der Waals surface area contributed by atoms with Gasteiger partial charge in [-0.1, -0.05) is 41.6 Å². The highest BCUT2D eigenvalue weighted by Crippen LogP contribution is 2.26. The van der Waals surface area contributed by atoms with Crippen LogP contribution in [0.2, 0.25) is 5.02 Å². The van der Waals surface area contributed by atoms with E-state index >= 15 is 0 Å². The van der Waals surface area contributed by atoms with Gasteiger partial charge in [0.05, 0.1) is 25.3 Å². The number of carbonyl (C=O) groups excluding carboxylic acids is 2. The van der Waals surface area contributed by atoms with Crippen molar-refractivity contribution in [2.45, 2.75) is 37.5 Å². The summed E-state index contributed by atoms with van der Waals surface area (Å²) in [5, 5.41) is 11.9. The molecule has 2 aromatic rings. The highest BCUT2D eigenvalue weighted by atomic mass is 35.5. The maximum Gasteiger partial charge on any atom is 0.307 e. The lowest BCUT2D eigenvalue weighted by Gasteiger charge is -2.19. The SMILES string of the molecule is COC(=O)CC(NC(=O)CSc1nncn1C(C)C)c1ccccc1Cl. The Balaban J connectivity index is 2.05. The number of aromatic nitrogens is 3. The summed E-state index contributed by atoms with van der Waals surface area (Å²) in [5.74, 6) is -0.516. The lowest BCUT2D eigenvalue weighted by Crippen LogP contribution is -2.32. The molecule has 1 atom stereocenters. The van der Waals surface area contributed by atoms with E-state index in [1.807, 2.05) is 18.4 Å². The van der Waals surface area contributed by atoms with E-state index in [2.05, 4.69) is 15.5 Å². The highest BCUT2D eigenvalue weighted by Gasteiger charge is 2.21. The van der Waals surface area contributed by atoms with Crippen molar-refractivity contribution in [1.29, 1.82) is 0 Å². The molecule has 0 aliphatic heterocycles. The van der Waals surface area contributed by atoms with E-state index in [0.717, 1.165) is 0 Å². The molecule has 1 unspecified atom stereocenters. The minimum absolute atomic E-state index is 0.00117. The second kappa shape index (κ2) is 9.59. The van der Waals surface area contributed by atoms with Crippen LogP contribution in [0.3, 0.4) is 0 Å². The smallest absolute Gasteiger partial charge is 0.307 e. The van der Waals surface area contributed by atoms with Crippen LogP contribution in [0, 0.1) is 0 Å². The molecule has 0 radical (unpaired) electrons. The Morgan fingerprint density at radius 2 is 2.08 bits per heavy atom. The second-order valence-electron chi connectivity index (χ2n) is 5.83. The van der Waals surface area contributed by atoms with Gasteiger partial charge < -0.3 is 14.6 Å². The zero-order valence-corrected chi connectivity index (χ0v) is 16.4. The van der Waals surface area contributed by atoms with E-state index in [4.69, 9.17) is 16.3 Å². The van der Waals surface area contributed by atoms with Gasteiger partial charge in [-0.15, -0.1) is 10.2 Å². The van der Waals surface area contributed by atoms with E-state index in [0.29, 0.717) is 15.7 Å². The molecule has 0 aliphatic rings. The summed E-state index contributed by atoms with van der Waals surface area (Å²) >= 11 is 7.50. The van der Waals surface area contributed by atoms with Crippen LogP contribution in [0.25, 0.3) is 0 Å².